The molecule has 0 bridgehead atoms. The van der Waals surface area contributed by atoms with Crippen LogP contribution in [0.1, 0.15) is 43.5 Å². The van der Waals surface area contributed by atoms with Gasteiger partial charge < -0.3 is 10.1 Å². The fourth-order valence-electron chi connectivity index (χ4n) is 3.16. The van der Waals surface area contributed by atoms with E-state index in [1.54, 1.807) is 0 Å². The monoisotopic (exact) mass is 382 g/mol. The molecule has 1 aliphatic rings. The Bertz CT molecular complexity index is 763. The standard InChI is InChI=1S/C18H26N2O5S/c1-12-6-4-9-16(13(12)2)20-17(21)11-25-18(22)14-7-5-8-15(10-14)26(23,24)19-3/h5,7-8,10,12-13,16,19H,4,6,9,11H2,1-3H3,(H,20,21). The summed E-state index contributed by atoms with van der Waals surface area (Å²) >= 11 is 0. The van der Waals surface area contributed by atoms with Gasteiger partial charge in [-0.2, -0.15) is 0 Å². The number of amides is 1. The maximum atomic E-state index is 12.1. The number of carbonyl (C=O) groups is 2. The number of rotatable bonds is 6. The van der Waals surface area contributed by atoms with Gasteiger partial charge in [0, 0.05) is 6.04 Å². The Kier molecular flexibility index (Phi) is 6.77. The van der Waals surface area contributed by atoms with E-state index in [4.69, 9.17) is 4.74 Å². The number of sulfonamides is 1. The van der Waals surface area contributed by atoms with E-state index in [0.29, 0.717) is 11.8 Å². The molecule has 1 aromatic carbocycles. The third kappa shape index (κ3) is 5.04. The van der Waals surface area contributed by atoms with E-state index in [9.17, 15) is 18.0 Å². The van der Waals surface area contributed by atoms with E-state index in [0.717, 1.165) is 19.3 Å². The number of carbonyl (C=O) groups excluding carboxylic acids is 2. The Morgan fingerprint density at radius 1 is 1.23 bits per heavy atom. The summed E-state index contributed by atoms with van der Waals surface area (Å²) in [6, 6.07) is 5.58. The number of hydrogen-bond donors (Lipinski definition) is 2. The van der Waals surface area contributed by atoms with Crippen molar-refractivity contribution in [2.75, 3.05) is 13.7 Å². The molecule has 0 saturated heterocycles. The van der Waals surface area contributed by atoms with Crippen LogP contribution in [-0.2, 0) is 19.6 Å². The van der Waals surface area contributed by atoms with Gasteiger partial charge in [-0.15, -0.1) is 0 Å². The number of hydrogen-bond acceptors (Lipinski definition) is 5. The maximum Gasteiger partial charge on any atom is 0.338 e. The molecule has 1 aromatic rings. The molecule has 0 heterocycles. The topological polar surface area (TPSA) is 102 Å². The van der Waals surface area contributed by atoms with Gasteiger partial charge in [-0.1, -0.05) is 32.8 Å². The van der Waals surface area contributed by atoms with E-state index >= 15 is 0 Å². The Morgan fingerprint density at radius 2 is 1.96 bits per heavy atom. The summed E-state index contributed by atoms with van der Waals surface area (Å²) in [5.41, 5.74) is 0.0776. The summed E-state index contributed by atoms with van der Waals surface area (Å²) in [6.45, 7) is 3.91. The van der Waals surface area contributed by atoms with Gasteiger partial charge in [-0.05, 0) is 43.5 Å². The molecule has 2 rings (SSSR count). The van der Waals surface area contributed by atoms with Gasteiger partial charge in [-0.25, -0.2) is 17.9 Å². The van der Waals surface area contributed by atoms with Crippen molar-refractivity contribution in [1.82, 2.24) is 10.0 Å². The zero-order valence-electron chi connectivity index (χ0n) is 15.3. The third-order valence-electron chi connectivity index (χ3n) is 5.04. The molecule has 1 saturated carbocycles. The summed E-state index contributed by atoms with van der Waals surface area (Å²) in [6.07, 6.45) is 3.16. The zero-order valence-corrected chi connectivity index (χ0v) is 16.1. The molecule has 1 amide bonds. The van der Waals surface area contributed by atoms with E-state index in [-0.39, 0.29) is 29.0 Å². The smallest absolute Gasteiger partial charge is 0.338 e. The fourth-order valence-corrected chi connectivity index (χ4v) is 3.93. The van der Waals surface area contributed by atoms with Gasteiger partial charge in [0.25, 0.3) is 5.91 Å². The largest absolute Gasteiger partial charge is 0.452 e. The van der Waals surface area contributed by atoms with Gasteiger partial charge in [-0.3, -0.25) is 4.79 Å². The van der Waals surface area contributed by atoms with E-state index in [1.807, 2.05) is 0 Å². The lowest BCUT2D eigenvalue weighted by Crippen LogP contribution is -2.45. The summed E-state index contributed by atoms with van der Waals surface area (Å²) in [7, 11) is -2.36. The third-order valence-corrected chi connectivity index (χ3v) is 6.45. The Hall–Kier alpha value is -1.93. The highest BCUT2D eigenvalue weighted by atomic mass is 32.2. The van der Waals surface area contributed by atoms with Crippen LogP contribution in [0.3, 0.4) is 0 Å². The normalized spacial score (nSPS) is 23.3. The fraction of sp³-hybridized carbons (Fsp3) is 0.556. The first-order valence-electron chi connectivity index (χ1n) is 8.74. The molecule has 8 heteroatoms. The van der Waals surface area contributed by atoms with Crippen molar-refractivity contribution in [1.29, 1.82) is 0 Å². The second kappa shape index (κ2) is 8.64. The molecule has 7 nitrogen and oxygen atoms in total. The molecular formula is C18H26N2O5S. The second-order valence-electron chi connectivity index (χ2n) is 6.75. The molecule has 0 aromatic heterocycles. The first-order chi connectivity index (χ1) is 12.2. The lowest BCUT2D eigenvalue weighted by atomic mass is 9.78. The van der Waals surface area contributed by atoms with Crippen molar-refractivity contribution in [2.45, 2.75) is 44.0 Å². The Labute approximate surface area is 154 Å². The summed E-state index contributed by atoms with van der Waals surface area (Å²) in [5.74, 6) is -0.151. The number of esters is 1. The van der Waals surface area contributed by atoms with Crippen LogP contribution in [0.4, 0.5) is 0 Å². The predicted octanol–water partition coefficient (Wildman–Crippen LogP) is 1.69. The quantitative estimate of drug-likeness (QED) is 0.729. The summed E-state index contributed by atoms with van der Waals surface area (Å²) in [4.78, 5) is 24.1. The molecule has 0 radical (unpaired) electrons. The van der Waals surface area contributed by atoms with Crippen LogP contribution >= 0.6 is 0 Å². The van der Waals surface area contributed by atoms with Crippen molar-refractivity contribution in [3.05, 3.63) is 29.8 Å². The number of ether oxygens (including phenoxy) is 1. The summed E-state index contributed by atoms with van der Waals surface area (Å²) in [5, 5.41) is 2.93. The predicted molar refractivity (Wildman–Crippen MR) is 97.1 cm³/mol. The number of benzene rings is 1. The highest BCUT2D eigenvalue weighted by Crippen LogP contribution is 2.29. The molecule has 3 unspecified atom stereocenters. The average Bonchev–Trinajstić information content (AvgIpc) is 2.63. The van der Waals surface area contributed by atoms with Gasteiger partial charge in [0.15, 0.2) is 6.61 Å². The van der Waals surface area contributed by atoms with Gasteiger partial charge in [0.1, 0.15) is 0 Å². The van der Waals surface area contributed by atoms with Crippen molar-refractivity contribution >= 4 is 21.9 Å². The van der Waals surface area contributed by atoms with Crippen LogP contribution in [0.2, 0.25) is 0 Å². The minimum atomic E-state index is -3.65. The highest BCUT2D eigenvalue weighted by molar-refractivity contribution is 7.89. The molecule has 0 spiro atoms. The minimum Gasteiger partial charge on any atom is -0.452 e. The maximum absolute atomic E-state index is 12.1. The van der Waals surface area contributed by atoms with Crippen LogP contribution < -0.4 is 10.0 Å². The van der Waals surface area contributed by atoms with E-state index < -0.39 is 16.0 Å². The average molecular weight is 382 g/mol. The van der Waals surface area contributed by atoms with E-state index in [1.165, 1.54) is 31.3 Å². The van der Waals surface area contributed by atoms with Crippen LogP contribution in [-0.4, -0.2) is 40.0 Å². The van der Waals surface area contributed by atoms with Crippen LogP contribution in [0, 0.1) is 11.8 Å². The SMILES string of the molecule is CNS(=O)(=O)c1cccc(C(=O)OCC(=O)NC2CCCC(C)C2C)c1. The Morgan fingerprint density at radius 3 is 2.65 bits per heavy atom. The molecule has 3 atom stereocenters. The van der Waals surface area contributed by atoms with E-state index in [2.05, 4.69) is 23.9 Å². The number of nitrogens with one attached hydrogen (secondary N) is 2. The first kappa shape index (κ1) is 20.4. The second-order valence-corrected chi connectivity index (χ2v) is 8.64. The van der Waals surface area contributed by atoms with Crippen molar-refractivity contribution in [2.24, 2.45) is 11.8 Å². The first-order valence-corrected chi connectivity index (χ1v) is 10.2. The van der Waals surface area contributed by atoms with Gasteiger partial charge >= 0.3 is 5.97 Å². The Balaban J connectivity index is 1.92. The van der Waals surface area contributed by atoms with Crippen LogP contribution in [0.5, 0.6) is 0 Å². The van der Waals surface area contributed by atoms with Crippen molar-refractivity contribution < 1.29 is 22.7 Å². The minimum absolute atomic E-state index is 0.0380. The molecule has 1 aliphatic carbocycles. The molecule has 144 valence electrons. The highest BCUT2D eigenvalue weighted by Gasteiger charge is 2.28. The molecule has 0 aliphatic heterocycles. The molecular weight excluding hydrogens is 356 g/mol. The summed E-state index contributed by atoms with van der Waals surface area (Å²) < 4.78 is 30.8. The lowest BCUT2D eigenvalue weighted by Gasteiger charge is -2.34. The van der Waals surface area contributed by atoms with Crippen LogP contribution in [0.15, 0.2) is 29.2 Å². The molecule has 2 N–H and O–H groups in total. The zero-order chi connectivity index (χ0) is 19.3. The van der Waals surface area contributed by atoms with Gasteiger partial charge in [0.2, 0.25) is 10.0 Å². The van der Waals surface area contributed by atoms with Gasteiger partial charge in [0.05, 0.1) is 10.5 Å². The van der Waals surface area contributed by atoms with Crippen molar-refractivity contribution in [3.8, 4) is 0 Å². The molecule has 26 heavy (non-hydrogen) atoms. The lowest BCUT2D eigenvalue weighted by molar-refractivity contribution is -0.125. The van der Waals surface area contributed by atoms with Crippen molar-refractivity contribution in [3.63, 3.8) is 0 Å². The molecule has 1 fully saturated rings. The van der Waals surface area contributed by atoms with Crippen LogP contribution in [0.25, 0.3) is 0 Å².